The van der Waals surface area contributed by atoms with Crippen molar-refractivity contribution in [2.45, 2.75) is 25.7 Å². The molecule has 0 aliphatic carbocycles. The Morgan fingerprint density at radius 1 is 1.06 bits per heavy atom. The van der Waals surface area contributed by atoms with Gasteiger partial charge in [0.25, 0.3) is 0 Å². The van der Waals surface area contributed by atoms with Gasteiger partial charge in [0.1, 0.15) is 23.4 Å². The topological polar surface area (TPSA) is 80.3 Å². The molecule has 0 bridgehead atoms. The highest BCUT2D eigenvalue weighted by Crippen LogP contribution is 2.30. The van der Waals surface area contributed by atoms with E-state index in [-0.39, 0.29) is 6.29 Å². The summed E-state index contributed by atoms with van der Waals surface area (Å²) in [6.07, 6.45) is 4.57. The maximum Gasteiger partial charge on any atom is 0.429 e. The van der Waals surface area contributed by atoms with E-state index in [0.717, 1.165) is 24.2 Å². The van der Waals surface area contributed by atoms with Crippen LogP contribution in [0, 0.1) is 5.21 Å². The molecule has 1 atom stereocenters. The summed E-state index contributed by atoms with van der Waals surface area (Å²) >= 11 is 0. The first-order chi connectivity index (χ1) is 15.6. The van der Waals surface area contributed by atoms with Crippen LogP contribution in [-0.4, -0.2) is 50.7 Å². The molecule has 1 fully saturated rings. The van der Waals surface area contributed by atoms with Crippen LogP contribution < -0.4 is 14.1 Å². The Hall–Kier alpha value is -2.91. The zero-order valence-corrected chi connectivity index (χ0v) is 18.1. The number of amides is 2. The third-order valence-electron chi connectivity index (χ3n) is 5.49. The third-order valence-corrected chi connectivity index (χ3v) is 5.49. The number of hydrogen-bond acceptors (Lipinski definition) is 6. The van der Waals surface area contributed by atoms with Crippen molar-refractivity contribution in [3.63, 3.8) is 0 Å². The Morgan fingerprint density at radius 3 is 2.44 bits per heavy atom. The van der Waals surface area contributed by atoms with Gasteiger partial charge >= 0.3 is 6.03 Å². The molecule has 0 saturated carbocycles. The van der Waals surface area contributed by atoms with E-state index in [1.54, 1.807) is 42.4 Å². The summed E-state index contributed by atoms with van der Waals surface area (Å²) in [6.45, 7) is 2.56. The second-order valence-electron chi connectivity index (χ2n) is 7.71. The summed E-state index contributed by atoms with van der Waals surface area (Å²) < 4.78 is 20.6. The number of urea groups is 1. The Balaban J connectivity index is 1.35. The van der Waals surface area contributed by atoms with Crippen LogP contribution in [0.1, 0.15) is 18.4 Å². The van der Waals surface area contributed by atoms with Gasteiger partial charge in [-0.2, -0.15) is 0 Å². The second kappa shape index (κ2) is 10.1. The number of carbonyl (C=O) groups excluding carboxylic acids is 1. The summed E-state index contributed by atoms with van der Waals surface area (Å²) in [6, 6.07) is 13.7. The van der Waals surface area contributed by atoms with Crippen molar-refractivity contribution >= 4 is 11.7 Å². The van der Waals surface area contributed by atoms with E-state index in [1.807, 2.05) is 24.3 Å². The lowest BCUT2D eigenvalue weighted by molar-refractivity contribution is -0.0492. The Bertz CT molecular complexity index is 925. The number of methoxy groups -OCH3 is 1. The van der Waals surface area contributed by atoms with Gasteiger partial charge in [-0.1, -0.05) is 12.1 Å². The maximum atomic E-state index is 13.4. The van der Waals surface area contributed by atoms with Gasteiger partial charge in [-0.05, 0) is 42.3 Å². The van der Waals surface area contributed by atoms with Crippen LogP contribution in [0.3, 0.4) is 0 Å². The van der Waals surface area contributed by atoms with Gasteiger partial charge < -0.3 is 24.2 Å². The minimum atomic E-state index is -1.16. The number of rotatable bonds is 9. The average Bonchev–Trinajstić information content (AvgIpc) is 3.34. The quantitative estimate of drug-likeness (QED) is 0.331. The molecule has 1 unspecified atom stereocenters. The van der Waals surface area contributed by atoms with E-state index in [0.29, 0.717) is 44.3 Å². The molecule has 4 rings (SSSR count). The molecule has 2 aliphatic heterocycles. The lowest BCUT2D eigenvalue weighted by atomic mass is 10.2. The highest BCUT2D eigenvalue weighted by molar-refractivity contribution is 5.90. The predicted molar refractivity (Wildman–Crippen MR) is 120 cm³/mol. The maximum absolute atomic E-state index is 13.4. The van der Waals surface area contributed by atoms with Gasteiger partial charge in [0.15, 0.2) is 6.29 Å². The van der Waals surface area contributed by atoms with Crippen molar-refractivity contribution < 1.29 is 23.7 Å². The summed E-state index contributed by atoms with van der Waals surface area (Å²) in [4.78, 5) is 14.6. The zero-order chi connectivity index (χ0) is 22.4. The smallest absolute Gasteiger partial charge is 0.429 e. The number of ether oxygens (including phenoxy) is 4. The molecule has 0 spiro atoms. The third kappa shape index (κ3) is 5.11. The van der Waals surface area contributed by atoms with Crippen LogP contribution in [0.5, 0.6) is 11.5 Å². The molecule has 0 radical (unpaired) electrons. The van der Waals surface area contributed by atoms with Crippen molar-refractivity contribution in [3.8, 4) is 11.5 Å². The molecule has 2 aliphatic rings. The number of hydroxylamine groups is 2. The van der Waals surface area contributed by atoms with Crippen LogP contribution in [-0.2, 0) is 16.0 Å². The van der Waals surface area contributed by atoms with Gasteiger partial charge in [-0.3, -0.25) is 4.90 Å². The average molecular weight is 440 g/mol. The molecule has 0 N–H and O–H groups in total. The van der Waals surface area contributed by atoms with Gasteiger partial charge in [0.2, 0.25) is 0 Å². The molecule has 8 heteroatoms. The number of quaternary nitrogens is 1. The van der Waals surface area contributed by atoms with Gasteiger partial charge in [0.05, 0.1) is 40.0 Å². The number of carbonyl (C=O) groups is 1. The Kier molecular flexibility index (Phi) is 7.06. The monoisotopic (exact) mass is 440 g/mol. The summed E-state index contributed by atoms with van der Waals surface area (Å²) in [7, 11) is 1.61. The normalized spacial score (nSPS) is 21.2. The molecule has 32 heavy (non-hydrogen) atoms. The van der Waals surface area contributed by atoms with Gasteiger partial charge in [-0.25, -0.2) is 9.44 Å². The molecular formula is C24H28N2O6. The second-order valence-corrected chi connectivity index (χ2v) is 7.71. The van der Waals surface area contributed by atoms with E-state index >= 15 is 0 Å². The Morgan fingerprint density at radius 2 is 1.75 bits per heavy atom. The lowest BCUT2D eigenvalue weighted by Gasteiger charge is -2.41. The van der Waals surface area contributed by atoms with Crippen molar-refractivity contribution in [1.82, 2.24) is 9.55 Å². The summed E-state index contributed by atoms with van der Waals surface area (Å²) in [5, 5.41) is 13.4. The largest absolute Gasteiger partial charge is 0.613 e. The predicted octanol–water partition coefficient (Wildman–Crippen LogP) is 4.18. The number of nitrogens with zero attached hydrogens (tertiary/aromatic N) is 2. The molecular weight excluding hydrogens is 412 g/mol. The first-order valence-corrected chi connectivity index (χ1v) is 10.7. The van der Waals surface area contributed by atoms with Crippen molar-refractivity contribution in [2.24, 2.45) is 0 Å². The standard InChI is InChI=1S/C24H28N2O6/c1-29-21-9-5-19(6-10-21)18-25-13-3-14-26(28,24(25)27)20-7-11-22(12-8-20)30-15-2-4-23-31-16-17-32-23/h3,5-12,14,23H,2,4,13,15-18H2,1H3. The SMILES string of the molecule is COc1ccc(CN2CC=C[N+]([O-])(c3ccc(OCCCC4OCCO4)cc3)C2=O)cc1. The van der Waals surface area contributed by atoms with Gasteiger partial charge in [-0.15, -0.1) is 0 Å². The minimum absolute atomic E-state index is 0.136. The number of benzene rings is 2. The molecule has 2 aromatic carbocycles. The highest BCUT2D eigenvalue weighted by Gasteiger charge is 2.36. The van der Waals surface area contributed by atoms with Crippen molar-refractivity contribution in [3.05, 3.63) is 71.6 Å². The van der Waals surface area contributed by atoms with E-state index < -0.39 is 10.7 Å². The van der Waals surface area contributed by atoms with Crippen LogP contribution in [0.4, 0.5) is 10.5 Å². The van der Waals surface area contributed by atoms with Crippen molar-refractivity contribution in [2.75, 3.05) is 33.5 Å². The first kappa shape index (κ1) is 22.3. The summed E-state index contributed by atoms with van der Waals surface area (Å²) in [5.41, 5.74) is 1.27. The molecule has 2 amide bonds. The number of hydrogen-bond donors (Lipinski definition) is 0. The fraction of sp³-hybridized carbons (Fsp3) is 0.375. The van der Waals surface area contributed by atoms with Gasteiger partial charge in [0, 0.05) is 18.6 Å². The van der Waals surface area contributed by atoms with Crippen molar-refractivity contribution in [1.29, 1.82) is 0 Å². The van der Waals surface area contributed by atoms with E-state index in [4.69, 9.17) is 18.9 Å². The van der Waals surface area contributed by atoms with Crippen LogP contribution in [0.15, 0.2) is 60.8 Å². The van der Waals surface area contributed by atoms with E-state index in [1.165, 1.54) is 6.20 Å². The highest BCUT2D eigenvalue weighted by atomic mass is 16.7. The Labute approximate surface area is 187 Å². The fourth-order valence-electron chi connectivity index (χ4n) is 3.73. The van der Waals surface area contributed by atoms with Crippen LogP contribution in [0.2, 0.25) is 0 Å². The van der Waals surface area contributed by atoms with E-state index in [2.05, 4.69) is 0 Å². The summed E-state index contributed by atoms with van der Waals surface area (Å²) in [5.74, 6) is 1.40. The molecule has 8 nitrogen and oxygen atoms in total. The molecule has 170 valence electrons. The zero-order valence-electron chi connectivity index (χ0n) is 18.1. The first-order valence-electron chi connectivity index (χ1n) is 10.7. The minimum Gasteiger partial charge on any atom is -0.613 e. The molecule has 2 heterocycles. The molecule has 2 aromatic rings. The molecule has 1 saturated heterocycles. The van der Waals surface area contributed by atoms with Crippen LogP contribution in [0.25, 0.3) is 0 Å². The van der Waals surface area contributed by atoms with Crippen LogP contribution >= 0.6 is 0 Å². The lowest BCUT2D eigenvalue weighted by Crippen LogP contribution is -2.54. The molecule has 0 aromatic heterocycles. The fourth-order valence-corrected chi connectivity index (χ4v) is 3.73. The van der Waals surface area contributed by atoms with E-state index in [9.17, 15) is 10.0 Å².